The standard InChI is InChI=1S/C19H21N3O3/c1-12-8-17(24-3)18(25-4)10-16(12)21-13(2)19(23)22-15-7-5-6-14(9-15)11-20/h5-10,13,21H,1-4H3,(H,22,23)/t13-/m1/s1. The van der Waals surface area contributed by atoms with Crippen molar-refractivity contribution in [1.82, 2.24) is 0 Å². The zero-order valence-corrected chi connectivity index (χ0v) is 14.7. The molecule has 2 aromatic carbocycles. The topological polar surface area (TPSA) is 83.4 Å². The van der Waals surface area contributed by atoms with E-state index in [2.05, 4.69) is 10.6 Å². The Balaban J connectivity index is 2.12. The van der Waals surface area contributed by atoms with Gasteiger partial charge in [0.2, 0.25) is 5.91 Å². The van der Waals surface area contributed by atoms with Crippen LogP contribution in [-0.4, -0.2) is 26.2 Å². The fourth-order valence-electron chi connectivity index (χ4n) is 2.35. The molecule has 1 amide bonds. The summed E-state index contributed by atoms with van der Waals surface area (Å²) in [5.41, 5.74) is 2.80. The lowest BCUT2D eigenvalue weighted by Crippen LogP contribution is -2.32. The van der Waals surface area contributed by atoms with Gasteiger partial charge in [-0.3, -0.25) is 4.79 Å². The summed E-state index contributed by atoms with van der Waals surface area (Å²) in [7, 11) is 3.14. The summed E-state index contributed by atoms with van der Waals surface area (Å²) in [6.07, 6.45) is 0. The van der Waals surface area contributed by atoms with Crippen LogP contribution in [0.25, 0.3) is 0 Å². The van der Waals surface area contributed by atoms with Crippen LogP contribution in [-0.2, 0) is 4.79 Å². The van der Waals surface area contributed by atoms with Gasteiger partial charge in [0, 0.05) is 17.4 Å². The van der Waals surface area contributed by atoms with Crippen LogP contribution in [0.15, 0.2) is 36.4 Å². The predicted molar refractivity (Wildman–Crippen MR) is 97.2 cm³/mol. The molecule has 1 atom stereocenters. The minimum Gasteiger partial charge on any atom is -0.493 e. The van der Waals surface area contributed by atoms with Crippen molar-refractivity contribution in [2.75, 3.05) is 24.9 Å². The SMILES string of the molecule is COc1cc(C)c(N[C@H](C)C(=O)Nc2cccc(C#N)c2)cc1OC. The van der Waals surface area contributed by atoms with Gasteiger partial charge in [-0.1, -0.05) is 6.07 Å². The molecule has 0 saturated carbocycles. The van der Waals surface area contributed by atoms with Crippen LogP contribution in [0.4, 0.5) is 11.4 Å². The van der Waals surface area contributed by atoms with Gasteiger partial charge in [-0.05, 0) is 43.7 Å². The summed E-state index contributed by atoms with van der Waals surface area (Å²) in [6.45, 7) is 3.69. The lowest BCUT2D eigenvalue weighted by atomic mass is 10.1. The number of anilines is 2. The van der Waals surface area contributed by atoms with Crippen LogP contribution in [0, 0.1) is 18.3 Å². The maximum absolute atomic E-state index is 12.4. The van der Waals surface area contributed by atoms with Crippen LogP contribution in [0.1, 0.15) is 18.1 Å². The second-order valence-electron chi connectivity index (χ2n) is 5.57. The fraction of sp³-hybridized carbons (Fsp3) is 0.263. The van der Waals surface area contributed by atoms with Gasteiger partial charge in [0.25, 0.3) is 0 Å². The zero-order valence-electron chi connectivity index (χ0n) is 14.7. The molecule has 0 bridgehead atoms. The number of carbonyl (C=O) groups is 1. The van der Waals surface area contributed by atoms with Crippen molar-refractivity contribution in [3.05, 3.63) is 47.5 Å². The maximum atomic E-state index is 12.4. The molecule has 2 aromatic rings. The molecule has 25 heavy (non-hydrogen) atoms. The molecule has 0 aliphatic carbocycles. The van der Waals surface area contributed by atoms with Crippen LogP contribution < -0.4 is 20.1 Å². The first-order chi connectivity index (χ1) is 12.0. The number of nitrogens with zero attached hydrogens (tertiary/aromatic N) is 1. The molecule has 0 fully saturated rings. The van der Waals surface area contributed by atoms with E-state index in [4.69, 9.17) is 14.7 Å². The number of rotatable bonds is 6. The number of aryl methyl sites for hydroxylation is 1. The fourth-order valence-corrected chi connectivity index (χ4v) is 2.35. The van der Waals surface area contributed by atoms with Gasteiger partial charge in [-0.15, -0.1) is 0 Å². The lowest BCUT2D eigenvalue weighted by molar-refractivity contribution is -0.116. The molecule has 0 spiro atoms. The zero-order chi connectivity index (χ0) is 18.4. The summed E-state index contributed by atoms with van der Waals surface area (Å²) >= 11 is 0. The highest BCUT2D eigenvalue weighted by Crippen LogP contribution is 2.33. The Bertz CT molecular complexity index is 812. The first-order valence-corrected chi connectivity index (χ1v) is 7.78. The Labute approximate surface area is 147 Å². The van der Waals surface area contributed by atoms with E-state index in [1.165, 1.54) is 0 Å². The lowest BCUT2D eigenvalue weighted by Gasteiger charge is -2.19. The molecule has 6 nitrogen and oxygen atoms in total. The van der Waals surface area contributed by atoms with Gasteiger partial charge in [0.15, 0.2) is 11.5 Å². The minimum atomic E-state index is -0.484. The van der Waals surface area contributed by atoms with Crippen LogP contribution in [0.3, 0.4) is 0 Å². The number of nitrogens with one attached hydrogen (secondary N) is 2. The van der Waals surface area contributed by atoms with Gasteiger partial charge in [-0.2, -0.15) is 5.26 Å². The number of amides is 1. The molecule has 0 aliphatic rings. The monoisotopic (exact) mass is 339 g/mol. The number of benzene rings is 2. The molecule has 2 rings (SSSR count). The van der Waals surface area contributed by atoms with Crippen molar-refractivity contribution in [3.63, 3.8) is 0 Å². The minimum absolute atomic E-state index is 0.204. The molecule has 0 heterocycles. The highest BCUT2D eigenvalue weighted by atomic mass is 16.5. The number of hydrogen-bond acceptors (Lipinski definition) is 5. The number of ether oxygens (including phenoxy) is 2. The van der Waals surface area contributed by atoms with Crippen molar-refractivity contribution in [3.8, 4) is 17.6 Å². The predicted octanol–water partition coefficient (Wildman–Crippen LogP) is 3.32. The van der Waals surface area contributed by atoms with Crippen molar-refractivity contribution >= 4 is 17.3 Å². The van der Waals surface area contributed by atoms with Crippen molar-refractivity contribution in [2.24, 2.45) is 0 Å². The van der Waals surface area contributed by atoms with E-state index in [9.17, 15) is 4.79 Å². The Morgan fingerprint density at radius 1 is 1.16 bits per heavy atom. The van der Waals surface area contributed by atoms with E-state index in [-0.39, 0.29) is 5.91 Å². The molecular weight excluding hydrogens is 318 g/mol. The van der Waals surface area contributed by atoms with E-state index < -0.39 is 6.04 Å². The van der Waals surface area contributed by atoms with E-state index in [1.54, 1.807) is 51.5 Å². The Morgan fingerprint density at radius 3 is 2.48 bits per heavy atom. The molecule has 0 aliphatic heterocycles. The summed E-state index contributed by atoms with van der Waals surface area (Å²) in [5.74, 6) is 1.02. The normalized spacial score (nSPS) is 11.2. The molecule has 0 unspecified atom stereocenters. The van der Waals surface area contributed by atoms with Crippen molar-refractivity contribution in [2.45, 2.75) is 19.9 Å². The number of nitriles is 1. The average Bonchev–Trinajstić information content (AvgIpc) is 2.62. The summed E-state index contributed by atoms with van der Waals surface area (Å²) in [5, 5.41) is 14.9. The highest BCUT2D eigenvalue weighted by Gasteiger charge is 2.16. The van der Waals surface area contributed by atoms with E-state index in [0.717, 1.165) is 11.3 Å². The van der Waals surface area contributed by atoms with Gasteiger partial charge in [-0.25, -0.2) is 0 Å². The van der Waals surface area contributed by atoms with Crippen molar-refractivity contribution in [1.29, 1.82) is 5.26 Å². The molecule has 6 heteroatoms. The highest BCUT2D eigenvalue weighted by molar-refractivity contribution is 5.96. The largest absolute Gasteiger partial charge is 0.493 e. The van der Waals surface area contributed by atoms with Gasteiger partial charge in [0.1, 0.15) is 6.04 Å². The first-order valence-electron chi connectivity index (χ1n) is 7.78. The molecule has 0 radical (unpaired) electrons. The maximum Gasteiger partial charge on any atom is 0.246 e. The summed E-state index contributed by atoms with van der Waals surface area (Å²) in [4.78, 5) is 12.4. The molecule has 2 N–H and O–H groups in total. The molecule has 0 aromatic heterocycles. The van der Waals surface area contributed by atoms with E-state index in [1.807, 2.05) is 19.1 Å². The second-order valence-corrected chi connectivity index (χ2v) is 5.57. The van der Waals surface area contributed by atoms with Gasteiger partial charge in [0.05, 0.1) is 25.9 Å². The third kappa shape index (κ3) is 4.42. The number of hydrogen-bond donors (Lipinski definition) is 2. The van der Waals surface area contributed by atoms with Crippen LogP contribution >= 0.6 is 0 Å². The number of methoxy groups -OCH3 is 2. The smallest absolute Gasteiger partial charge is 0.246 e. The Morgan fingerprint density at radius 2 is 1.84 bits per heavy atom. The van der Waals surface area contributed by atoms with Crippen LogP contribution in [0.2, 0.25) is 0 Å². The summed E-state index contributed by atoms with van der Waals surface area (Å²) in [6, 6.07) is 12.0. The quantitative estimate of drug-likeness (QED) is 0.843. The first kappa shape index (κ1) is 18.1. The Kier molecular flexibility index (Phi) is 5.85. The van der Waals surface area contributed by atoms with E-state index in [0.29, 0.717) is 22.7 Å². The van der Waals surface area contributed by atoms with Crippen LogP contribution in [0.5, 0.6) is 11.5 Å². The summed E-state index contributed by atoms with van der Waals surface area (Å²) < 4.78 is 10.6. The average molecular weight is 339 g/mol. The second kappa shape index (κ2) is 8.06. The Hall–Kier alpha value is -3.20. The third-order valence-corrected chi connectivity index (χ3v) is 3.76. The van der Waals surface area contributed by atoms with Crippen molar-refractivity contribution < 1.29 is 14.3 Å². The third-order valence-electron chi connectivity index (χ3n) is 3.76. The van der Waals surface area contributed by atoms with E-state index >= 15 is 0 Å². The van der Waals surface area contributed by atoms with Gasteiger partial charge < -0.3 is 20.1 Å². The number of carbonyl (C=O) groups excluding carboxylic acids is 1. The van der Waals surface area contributed by atoms with Gasteiger partial charge >= 0.3 is 0 Å². The molecular formula is C19H21N3O3. The molecule has 0 saturated heterocycles. The molecule has 130 valence electrons.